The van der Waals surface area contributed by atoms with E-state index in [2.05, 4.69) is 17.6 Å². The van der Waals surface area contributed by atoms with E-state index in [0.717, 1.165) is 36.8 Å². The van der Waals surface area contributed by atoms with E-state index >= 15 is 0 Å². The zero-order valence-corrected chi connectivity index (χ0v) is 37.5. The maximum Gasteiger partial charge on any atom is 0.408 e. The summed E-state index contributed by atoms with van der Waals surface area (Å²) in [4.78, 5) is 78.6. The third-order valence-electron chi connectivity index (χ3n) is 10.4. The average molecular weight is 849 g/mol. The lowest BCUT2D eigenvalue weighted by atomic mass is 9.96. The number of unbranched alkanes of at least 4 members (excludes halogenated alkanes) is 9. The van der Waals surface area contributed by atoms with Gasteiger partial charge in [0.15, 0.2) is 0 Å². The van der Waals surface area contributed by atoms with Crippen molar-refractivity contribution < 1.29 is 43.1 Å². The number of nitrogens with zero attached hydrogens (tertiary/aromatic N) is 2. The molecule has 1 heterocycles. The number of benzene rings is 2. The average Bonchev–Trinajstić information content (AvgIpc) is 3.40. The fourth-order valence-corrected chi connectivity index (χ4v) is 6.84. The van der Waals surface area contributed by atoms with Crippen molar-refractivity contribution in [3.05, 3.63) is 83.9 Å². The molecule has 1 aliphatic rings. The Morgan fingerprint density at radius 1 is 0.803 bits per heavy atom. The smallest absolute Gasteiger partial charge is 0.408 e. The first-order chi connectivity index (χ1) is 29.3. The van der Waals surface area contributed by atoms with Gasteiger partial charge in [0.05, 0.1) is 12.5 Å². The molecule has 0 unspecified atom stereocenters. The Morgan fingerprint density at radius 2 is 1.39 bits per heavy atom. The Labute approximate surface area is 364 Å². The molecule has 61 heavy (non-hydrogen) atoms. The van der Waals surface area contributed by atoms with Crippen LogP contribution in [0.4, 0.5) is 4.79 Å². The lowest BCUT2D eigenvalue weighted by Gasteiger charge is -2.29. The number of carbonyl (C=O) groups is 5. The molecule has 1 aliphatic heterocycles. The number of hydrogen-bond donors (Lipinski definition) is 2. The summed E-state index contributed by atoms with van der Waals surface area (Å²) in [5.74, 6) is -2.56. The van der Waals surface area contributed by atoms with Crippen molar-refractivity contribution in [3.8, 4) is 0 Å². The number of ether oxygens (including phenoxy) is 2. The van der Waals surface area contributed by atoms with Crippen LogP contribution in [0.25, 0.3) is 0 Å². The van der Waals surface area contributed by atoms with Gasteiger partial charge in [-0.3, -0.25) is 24.1 Å². The van der Waals surface area contributed by atoms with Gasteiger partial charge in [0.2, 0.25) is 11.8 Å². The van der Waals surface area contributed by atoms with Gasteiger partial charge in [-0.05, 0) is 70.4 Å². The van der Waals surface area contributed by atoms with Gasteiger partial charge in [-0.25, -0.2) is 19.7 Å². The highest BCUT2D eigenvalue weighted by Crippen LogP contribution is 2.21. The van der Waals surface area contributed by atoms with Crippen LogP contribution in [0.3, 0.4) is 0 Å². The van der Waals surface area contributed by atoms with Crippen LogP contribution in [0.1, 0.15) is 143 Å². The van der Waals surface area contributed by atoms with E-state index in [1.807, 2.05) is 72.8 Å². The van der Waals surface area contributed by atoms with Crippen molar-refractivity contribution in [1.29, 1.82) is 0 Å². The Kier molecular flexibility index (Phi) is 23.2. The predicted octanol–water partition coefficient (Wildman–Crippen LogP) is 8.90. The van der Waals surface area contributed by atoms with Crippen molar-refractivity contribution in [2.45, 2.75) is 168 Å². The summed E-state index contributed by atoms with van der Waals surface area (Å²) in [6.07, 6.45) is 13.8. The van der Waals surface area contributed by atoms with Crippen LogP contribution < -0.4 is 10.6 Å². The summed E-state index contributed by atoms with van der Waals surface area (Å²) >= 11 is 0. The molecule has 0 bridgehead atoms. The minimum Gasteiger partial charge on any atom is -0.460 e. The summed E-state index contributed by atoms with van der Waals surface area (Å²) in [6.45, 7) is 11.5. The van der Waals surface area contributed by atoms with E-state index in [9.17, 15) is 24.0 Å². The minimum atomic E-state index is -1.09. The Balaban J connectivity index is 1.70. The molecule has 338 valence electrons. The van der Waals surface area contributed by atoms with Crippen LogP contribution in [-0.2, 0) is 51.5 Å². The molecule has 4 atom stereocenters. The van der Waals surface area contributed by atoms with Crippen molar-refractivity contribution in [2.75, 3.05) is 13.1 Å². The van der Waals surface area contributed by atoms with Crippen molar-refractivity contribution in [3.63, 3.8) is 0 Å². The fraction of sp³-hybridized carbons (Fsp3) is 0.604. The molecule has 0 saturated heterocycles. The number of hydroxylamine groups is 4. The highest BCUT2D eigenvalue weighted by Gasteiger charge is 2.35. The molecule has 13 heteroatoms. The second-order valence-electron chi connectivity index (χ2n) is 16.9. The summed E-state index contributed by atoms with van der Waals surface area (Å²) < 4.78 is 11.7. The first-order valence-corrected chi connectivity index (χ1v) is 22.4. The van der Waals surface area contributed by atoms with Gasteiger partial charge >= 0.3 is 12.1 Å². The first-order valence-electron chi connectivity index (χ1n) is 22.4. The molecule has 0 saturated carbocycles. The summed E-state index contributed by atoms with van der Waals surface area (Å²) in [7, 11) is 0. The molecule has 0 aliphatic carbocycles. The lowest BCUT2D eigenvalue weighted by molar-refractivity contribution is -0.190. The van der Waals surface area contributed by atoms with Crippen LogP contribution in [0, 0.1) is 5.92 Å². The van der Waals surface area contributed by atoms with Crippen molar-refractivity contribution in [1.82, 2.24) is 20.8 Å². The maximum atomic E-state index is 14.1. The molecule has 4 amide bonds. The summed E-state index contributed by atoms with van der Waals surface area (Å²) in [5, 5.41) is 8.17. The van der Waals surface area contributed by atoms with Gasteiger partial charge in [-0.2, -0.15) is 0 Å². The standard InChI is InChI=1S/C48H72N4O9/c1-7-8-9-10-11-12-13-14-21-32-43(37(2)44(54)49-41-30-22-25-34-52(45(41)55)59-36-40-28-19-16-20-29-40)60-46(56)42(50-47(57)61-48(4,5)6)31-23-24-33-51(38(3)53)58-35-39-26-17-15-18-27-39/h15-20,22,25-29,37,41-43H,7-14,21,23-24,30-36H2,1-6H3,(H,49,54)(H,50,57)/t37-,41+,42-,43-/m0/s1. The molecule has 0 aromatic heterocycles. The van der Waals surface area contributed by atoms with E-state index in [-0.39, 0.29) is 51.0 Å². The topological polar surface area (TPSA) is 153 Å². The fourth-order valence-electron chi connectivity index (χ4n) is 6.84. The van der Waals surface area contributed by atoms with Gasteiger partial charge in [0.1, 0.15) is 37.0 Å². The second-order valence-corrected chi connectivity index (χ2v) is 16.9. The molecule has 13 nitrogen and oxygen atoms in total. The summed E-state index contributed by atoms with van der Waals surface area (Å²) in [6, 6.07) is 17.1. The summed E-state index contributed by atoms with van der Waals surface area (Å²) in [5.41, 5.74) is 1.02. The predicted molar refractivity (Wildman–Crippen MR) is 235 cm³/mol. The maximum absolute atomic E-state index is 14.1. The molecule has 0 fully saturated rings. The molecule has 2 N–H and O–H groups in total. The third-order valence-corrected chi connectivity index (χ3v) is 10.4. The van der Waals surface area contributed by atoms with E-state index in [0.29, 0.717) is 19.3 Å². The number of alkyl carbamates (subject to hydrolysis) is 1. The number of carbonyl (C=O) groups excluding carboxylic acids is 5. The van der Waals surface area contributed by atoms with Crippen LogP contribution in [0.2, 0.25) is 0 Å². The van der Waals surface area contributed by atoms with Gasteiger partial charge in [0.25, 0.3) is 5.91 Å². The minimum absolute atomic E-state index is 0.190. The van der Waals surface area contributed by atoms with Gasteiger partial charge < -0.3 is 20.1 Å². The Hall–Kier alpha value is -4.75. The number of hydrogen-bond acceptors (Lipinski definition) is 9. The molecule has 2 aromatic rings. The van der Waals surface area contributed by atoms with Gasteiger partial charge in [-0.15, -0.1) is 0 Å². The lowest BCUT2D eigenvalue weighted by Crippen LogP contribution is -2.51. The number of esters is 1. The van der Waals surface area contributed by atoms with Crippen LogP contribution in [-0.4, -0.2) is 76.8 Å². The number of nitrogens with one attached hydrogen (secondary N) is 2. The highest BCUT2D eigenvalue weighted by molar-refractivity contribution is 5.89. The van der Waals surface area contributed by atoms with Crippen LogP contribution >= 0.6 is 0 Å². The van der Waals surface area contributed by atoms with E-state index < -0.39 is 47.7 Å². The Morgan fingerprint density at radius 3 is 2.00 bits per heavy atom. The van der Waals surface area contributed by atoms with E-state index in [4.69, 9.17) is 19.1 Å². The zero-order valence-electron chi connectivity index (χ0n) is 37.5. The quantitative estimate of drug-likeness (QED) is 0.0389. The number of amides is 4. The van der Waals surface area contributed by atoms with Crippen LogP contribution in [0.5, 0.6) is 0 Å². The third kappa shape index (κ3) is 20.6. The van der Waals surface area contributed by atoms with E-state index in [1.54, 1.807) is 27.7 Å². The molecule has 2 aromatic carbocycles. The Bertz CT molecular complexity index is 1630. The van der Waals surface area contributed by atoms with Gasteiger partial charge in [-0.1, -0.05) is 138 Å². The monoisotopic (exact) mass is 849 g/mol. The second kappa shape index (κ2) is 28.0. The SMILES string of the molecule is CCCCCCCCCCC[C@H](OC(=O)[C@H](CCCCN(OCc1ccccc1)C(C)=O)NC(=O)OC(C)(C)C)[C@H](C)C(=O)N[C@@H]1CC=CCN(OCc2ccccc2)C1=O. The largest absolute Gasteiger partial charge is 0.460 e. The molecular weight excluding hydrogens is 777 g/mol. The number of rotatable bonds is 27. The zero-order chi connectivity index (χ0) is 44.5. The van der Waals surface area contributed by atoms with Crippen LogP contribution in [0.15, 0.2) is 72.8 Å². The van der Waals surface area contributed by atoms with Crippen molar-refractivity contribution >= 4 is 29.8 Å². The first kappa shape index (κ1) is 50.6. The molecule has 3 rings (SSSR count). The molecular formula is C48H72N4O9. The van der Waals surface area contributed by atoms with Gasteiger partial charge in [0, 0.05) is 13.5 Å². The molecule has 0 radical (unpaired) electrons. The highest BCUT2D eigenvalue weighted by atomic mass is 16.7. The normalized spacial score (nSPS) is 15.6. The molecule has 0 spiro atoms. The van der Waals surface area contributed by atoms with Crippen molar-refractivity contribution in [2.24, 2.45) is 5.92 Å². The van der Waals surface area contributed by atoms with E-state index in [1.165, 1.54) is 49.2 Å².